The first-order valence-corrected chi connectivity index (χ1v) is 7.50. The van der Waals surface area contributed by atoms with Crippen molar-refractivity contribution in [2.45, 2.75) is 19.4 Å². The number of likely N-dealkylation sites (N-methyl/N-ethyl adjacent to an activating group) is 1. The van der Waals surface area contributed by atoms with Crippen molar-refractivity contribution in [3.63, 3.8) is 0 Å². The monoisotopic (exact) mass is 296 g/mol. The summed E-state index contributed by atoms with van der Waals surface area (Å²) in [5.41, 5.74) is -0.772. The Kier molecular flexibility index (Phi) is 4.15. The van der Waals surface area contributed by atoms with Gasteiger partial charge in [-0.3, -0.25) is 9.59 Å². The molecule has 1 aromatic rings. The predicted octanol–water partition coefficient (Wildman–Crippen LogP) is 1.05. The molecule has 0 bridgehead atoms. The van der Waals surface area contributed by atoms with Gasteiger partial charge < -0.3 is 14.9 Å². The lowest BCUT2D eigenvalue weighted by molar-refractivity contribution is -0.164. The highest BCUT2D eigenvalue weighted by atomic mass is 32.1. The Labute approximate surface area is 122 Å². The van der Waals surface area contributed by atoms with E-state index in [-0.39, 0.29) is 24.3 Å². The van der Waals surface area contributed by atoms with Crippen LogP contribution in [-0.2, 0) is 4.79 Å². The number of aliphatic hydroxyl groups is 1. The molecule has 2 rings (SSSR count). The minimum atomic E-state index is -0.772. The van der Waals surface area contributed by atoms with E-state index in [0.29, 0.717) is 18.0 Å². The van der Waals surface area contributed by atoms with Crippen molar-refractivity contribution < 1.29 is 14.7 Å². The number of hydrogen-bond acceptors (Lipinski definition) is 4. The highest BCUT2D eigenvalue weighted by molar-refractivity contribution is 7.12. The summed E-state index contributed by atoms with van der Waals surface area (Å²) in [6.07, 6.45) is 0. The zero-order valence-corrected chi connectivity index (χ0v) is 12.8. The molecule has 6 heteroatoms. The first-order valence-electron chi connectivity index (χ1n) is 6.62. The lowest BCUT2D eigenvalue weighted by atomic mass is 9.83. The Morgan fingerprint density at radius 1 is 1.50 bits per heavy atom. The minimum absolute atomic E-state index is 0.0465. The molecule has 20 heavy (non-hydrogen) atoms. The zero-order valence-electron chi connectivity index (χ0n) is 12.0. The topological polar surface area (TPSA) is 60.9 Å². The Bertz CT molecular complexity index is 493. The molecule has 5 nitrogen and oxygen atoms in total. The molecule has 0 saturated carbocycles. The van der Waals surface area contributed by atoms with Crippen LogP contribution in [-0.4, -0.2) is 59.0 Å². The van der Waals surface area contributed by atoms with Crippen molar-refractivity contribution >= 4 is 23.2 Å². The molecule has 1 aliphatic rings. The summed E-state index contributed by atoms with van der Waals surface area (Å²) in [6.45, 7) is 4.63. The number of amides is 2. The van der Waals surface area contributed by atoms with E-state index in [1.165, 1.54) is 16.2 Å². The molecule has 110 valence electrons. The molecule has 1 fully saturated rings. The van der Waals surface area contributed by atoms with Crippen LogP contribution in [0.5, 0.6) is 0 Å². The number of rotatable bonds is 4. The summed E-state index contributed by atoms with van der Waals surface area (Å²) in [7, 11) is 1.62. The Morgan fingerprint density at radius 2 is 2.15 bits per heavy atom. The molecule has 0 radical (unpaired) electrons. The van der Waals surface area contributed by atoms with Gasteiger partial charge in [0.2, 0.25) is 5.91 Å². The van der Waals surface area contributed by atoms with E-state index in [1.807, 2.05) is 25.3 Å². The molecular weight excluding hydrogens is 276 g/mol. The van der Waals surface area contributed by atoms with Crippen LogP contribution in [0.25, 0.3) is 0 Å². The summed E-state index contributed by atoms with van der Waals surface area (Å²) < 4.78 is 0. The molecule has 0 unspecified atom stereocenters. The van der Waals surface area contributed by atoms with Crippen molar-refractivity contribution in [3.8, 4) is 0 Å². The molecular formula is C14H20N2O3S. The fraction of sp³-hybridized carbons (Fsp3) is 0.571. The van der Waals surface area contributed by atoms with E-state index in [4.69, 9.17) is 0 Å². The van der Waals surface area contributed by atoms with Crippen molar-refractivity contribution in [3.05, 3.63) is 22.4 Å². The molecule has 0 spiro atoms. The van der Waals surface area contributed by atoms with Gasteiger partial charge in [0.15, 0.2) is 0 Å². The smallest absolute Gasteiger partial charge is 0.264 e. The van der Waals surface area contributed by atoms with Crippen LogP contribution in [0.3, 0.4) is 0 Å². The van der Waals surface area contributed by atoms with Gasteiger partial charge >= 0.3 is 0 Å². The molecule has 1 saturated heterocycles. The van der Waals surface area contributed by atoms with Crippen LogP contribution in [0, 0.1) is 5.92 Å². The van der Waals surface area contributed by atoms with E-state index in [2.05, 4.69) is 0 Å². The summed E-state index contributed by atoms with van der Waals surface area (Å²) in [5.74, 6) is -0.146. The standard InChI is InChI=1S/C14H20N2O3S/c1-10(2)14(19)8-16(9-14)12(17)7-15(3)13(18)11-5-4-6-20-11/h4-6,10,19H,7-9H2,1-3H3. The van der Waals surface area contributed by atoms with Gasteiger partial charge in [0.1, 0.15) is 5.60 Å². The van der Waals surface area contributed by atoms with Crippen molar-refractivity contribution in [1.29, 1.82) is 0 Å². The number of nitrogens with zero attached hydrogens (tertiary/aromatic N) is 2. The number of carbonyl (C=O) groups is 2. The fourth-order valence-corrected chi connectivity index (χ4v) is 2.84. The molecule has 2 amide bonds. The fourth-order valence-electron chi connectivity index (χ4n) is 2.12. The molecule has 0 atom stereocenters. The number of thiophene rings is 1. The summed E-state index contributed by atoms with van der Waals surface area (Å²) in [6, 6.07) is 3.56. The molecule has 2 heterocycles. The highest BCUT2D eigenvalue weighted by Gasteiger charge is 2.45. The van der Waals surface area contributed by atoms with Gasteiger partial charge in [-0.1, -0.05) is 19.9 Å². The molecule has 0 aliphatic carbocycles. The maximum absolute atomic E-state index is 12.0. The maximum atomic E-state index is 12.0. The summed E-state index contributed by atoms with van der Waals surface area (Å²) >= 11 is 1.36. The minimum Gasteiger partial charge on any atom is -0.386 e. The first kappa shape index (κ1) is 15.0. The quantitative estimate of drug-likeness (QED) is 0.903. The van der Waals surface area contributed by atoms with Crippen molar-refractivity contribution in [1.82, 2.24) is 9.80 Å². The van der Waals surface area contributed by atoms with Gasteiger partial charge in [0.05, 0.1) is 24.5 Å². The maximum Gasteiger partial charge on any atom is 0.264 e. The average molecular weight is 296 g/mol. The molecule has 1 N–H and O–H groups in total. The number of likely N-dealkylation sites (tertiary alicyclic amines) is 1. The SMILES string of the molecule is CC(C)C1(O)CN(C(=O)CN(C)C(=O)c2cccs2)C1. The van der Waals surface area contributed by atoms with E-state index in [1.54, 1.807) is 18.0 Å². The van der Waals surface area contributed by atoms with Crippen LogP contribution < -0.4 is 0 Å². The second-order valence-electron chi connectivity index (χ2n) is 5.65. The van der Waals surface area contributed by atoms with Gasteiger partial charge in [-0.05, 0) is 17.4 Å². The Morgan fingerprint density at radius 3 is 2.65 bits per heavy atom. The van der Waals surface area contributed by atoms with Gasteiger partial charge in [-0.25, -0.2) is 0 Å². The zero-order chi connectivity index (χ0) is 14.9. The van der Waals surface area contributed by atoms with Gasteiger partial charge in [-0.2, -0.15) is 0 Å². The van der Waals surface area contributed by atoms with Crippen LogP contribution >= 0.6 is 11.3 Å². The number of β-amino-alcohol motifs (C(OH)–C–C–N with tert-alkyl or cyclic N) is 1. The molecule has 0 aromatic carbocycles. The number of carbonyl (C=O) groups excluding carboxylic acids is 2. The van der Waals surface area contributed by atoms with E-state index in [0.717, 1.165) is 0 Å². The highest BCUT2D eigenvalue weighted by Crippen LogP contribution is 2.28. The first-order chi connectivity index (χ1) is 9.33. The van der Waals surface area contributed by atoms with Crippen LogP contribution in [0.1, 0.15) is 23.5 Å². The van der Waals surface area contributed by atoms with E-state index in [9.17, 15) is 14.7 Å². The third-order valence-electron chi connectivity index (χ3n) is 3.81. The Hall–Kier alpha value is -1.40. The predicted molar refractivity (Wildman–Crippen MR) is 77.6 cm³/mol. The van der Waals surface area contributed by atoms with E-state index >= 15 is 0 Å². The third-order valence-corrected chi connectivity index (χ3v) is 4.67. The summed E-state index contributed by atoms with van der Waals surface area (Å²) in [5, 5.41) is 12.0. The largest absolute Gasteiger partial charge is 0.386 e. The Balaban J connectivity index is 1.86. The summed E-state index contributed by atoms with van der Waals surface area (Å²) in [4.78, 5) is 27.7. The lowest BCUT2D eigenvalue weighted by Gasteiger charge is -2.49. The second kappa shape index (κ2) is 5.54. The molecule has 1 aromatic heterocycles. The molecule has 1 aliphatic heterocycles. The van der Waals surface area contributed by atoms with Crippen molar-refractivity contribution in [2.24, 2.45) is 5.92 Å². The van der Waals surface area contributed by atoms with Gasteiger partial charge in [-0.15, -0.1) is 11.3 Å². The van der Waals surface area contributed by atoms with Crippen LogP contribution in [0.2, 0.25) is 0 Å². The lowest BCUT2D eigenvalue weighted by Crippen LogP contribution is -2.67. The van der Waals surface area contributed by atoms with E-state index < -0.39 is 5.60 Å². The van der Waals surface area contributed by atoms with Crippen molar-refractivity contribution in [2.75, 3.05) is 26.7 Å². The van der Waals surface area contributed by atoms with Crippen LogP contribution in [0.15, 0.2) is 17.5 Å². The third kappa shape index (κ3) is 2.86. The van der Waals surface area contributed by atoms with Gasteiger partial charge in [0.25, 0.3) is 5.91 Å². The normalized spacial score (nSPS) is 16.9. The second-order valence-corrected chi connectivity index (χ2v) is 6.59. The van der Waals surface area contributed by atoms with Gasteiger partial charge in [0, 0.05) is 7.05 Å². The number of hydrogen-bond donors (Lipinski definition) is 1. The van der Waals surface area contributed by atoms with Crippen LogP contribution in [0.4, 0.5) is 0 Å². The average Bonchev–Trinajstić information content (AvgIpc) is 2.87.